The molecule has 1 amide bonds. The second-order valence-electron chi connectivity index (χ2n) is 17.8. The molecule has 0 bridgehead atoms. The zero-order valence-electron chi connectivity index (χ0n) is 38.8. The lowest BCUT2D eigenvalue weighted by Crippen LogP contribution is -2.45. The third-order valence-corrected chi connectivity index (χ3v) is 11.8. The molecule has 0 aliphatic rings. The average Bonchev–Trinajstić information content (AvgIpc) is 3.17. The van der Waals surface area contributed by atoms with Crippen LogP contribution in [0.25, 0.3) is 0 Å². The molecule has 0 saturated carbocycles. The SMILES string of the molecule is CCCCCCCCCCCCCCCCCCCCCCC/C=C/CC/C=C/CC/C=C/C(O)C(COP(=O)(O)OCC[N+](C)(C)C)NC(=O)CCCCCCC. The van der Waals surface area contributed by atoms with Crippen LogP contribution >= 0.6 is 7.82 Å². The second-order valence-corrected chi connectivity index (χ2v) is 19.3. The smallest absolute Gasteiger partial charge is 0.387 e. The summed E-state index contributed by atoms with van der Waals surface area (Å²) in [6, 6.07) is -0.863. The monoisotopic (exact) mass is 840 g/mol. The Morgan fingerprint density at radius 2 is 0.948 bits per heavy atom. The number of phosphoric acid groups is 1. The Morgan fingerprint density at radius 1 is 0.569 bits per heavy atom. The van der Waals surface area contributed by atoms with Gasteiger partial charge in [0.2, 0.25) is 5.91 Å². The van der Waals surface area contributed by atoms with Gasteiger partial charge in [0.15, 0.2) is 0 Å². The number of amides is 1. The molecule has 0 spiro atoms. The number of hydrogen-bond acceptors (Lipinski definition) is 5. The first-order chi connectivity index (χ1) is 28.0. The summed E-state index contributed by atoms with van der Waals surface area (Å²) >= 11 is 0. The van der Waals surface area contributed by atoms with E-state index in [2.05, 4.69) is 43.5 Å². The van der Waals surface area contributed by atoms with E-state index in [0.717, 1.165) is 57.8 Å². The van der Waals surface area contributed by atoms with Crippen LogP contribution < -0.4 is 5.32 Å². The molecular weight excluding hydrogens is 744 g/mol. The maximum Gasteiger partial charge on any atom is 0.472 e. The largest absolute Gasteiger partial charge is 0.472 e. The Kier molecular flexibility index (Phi) is 40.2. The minimum atomic E-state index is -4.33. The topological polar surface area (TPSA) is 105 Å². The van der Waals surface area contributed by atoms with Crippen LogP contribution in [-0.4, -0.2) is 73.4 Å². The van der Waals surface area contributed by atoms with Crippen LogP contribution in [0.5, 0.6) is 0 Å². The first kappa shape index (κ1) is 56.7. The number of rotatable bonds is 44. The molecule has 342 valence electrons. The van der Waals surface area contributed by atoms with Gasteiger partial charge in [0.1, 0.15) is 13.2 Å². The van der Waals surface area contributed by atoms with Gasteiger partial charge in [-0.1, -0.05) is 204 Å². The van der Waals surface area contributed by atoms with Crippen LogP contribution in [0.1, 0.15) is 219 Å². The molecule has 9 heteroatoms. The highest BCUT2D eigenvalue weighted by Gasteiger charge is 2.27. The van der Waals surface area contributed by atoms with E-state index in [9.17, 15) is 19.4 Å². The van der Waals surface area contributed by atoms with E-state index < -0.39 is 20.0 Å². The van der Waals surface area contributed by atoms with E-state index in [1.807, 2.05) is 27.2 Å². The van der Waals surface area contributed by atoms with Crippen molar-refractivity contribution in [3.05, 3.63) is 36.5 Å². The molecule has 3 atom stereocenters. The van der Waals surface area contributed by atoms with Crippen LogP contribution in [-0.2, 0) is 18.4 Å². The number of likely N-dealkylation sites (N-methyl/N-ethyl adjacent to an activating group) is 1. The van der Waals surface area contributed by atoms with Crippen molar-refractivity contribution in [1.82, 2.24) is 5.32 Å². The summed E-state index contributed by atoms with van der Waals surface area (Å²) in [5.74, 6) is -0.204. The van der Waals surface area contributed by atoms with Crippen molar-refractivity contribution in [2.75, 3.05) is 40.9 Å². The minimum absolute atomic E-state index is 0.0536. The van der Waals surface area contributed by atoms with E-state index in [4.69, 9.17) is 9.05 Å². The van der Waals surface area contributed by atoms with Gasteiger partial charge in [-0.15, -0.1) is 0 Å². The molecule has 0 radical (unpaired) electrons. The molecule has 0 saturated heterocycles. The summed E-state index contributed by atoms with van der Waals surface area (Å²) in [7, 11) is 1.54. The molecule has 0 fully saturated rings. The fraction of sp³-hybridized carbons (Fsp3) is 0.857. The van der Waals surface area contributed by atoms with Gasteiger partial charge in [0.05, 0.1) is 39.9 Å². The lowest BCUT2D eigenvalue weighted by molar-refractivity contribution is -0.870. The van der Waals surface area contributed by atoms with Crippen LogP contribution in [0, 0.1) is 0 Å². The van der Waals surface area contributed by atoms with Gasteiger partial charge in [0, 0.05) is 6.42 Å². The number of nitrogens with one attached hydrogen (secondary N) is 1. The third kappa shape index (κ3) is 42.8. The highest BCUT2D eigenvalue weighted by Crippen LogP contribution is 2.43. The Morgan fingerprint density at radius 3 is 1.38 bits per heavy atom. The number of hydrogen-bond donors (Lipinski definition) is 3. The van der Waals surface area contributed by atoms with E-state index in [0.29, 0.717) is 17.4 Å². The van der Waals surface area contributed by atoms with Gasteiger partial charge in [-0.05, 0) is 44.9 Å². The fourth-order valence-electron chi connectivity index (χ4n) is 6.96. The number of carbonyl (C=O) groups excluding carboxylic acids is 1. The van der Waals surface area contributed by atoms with Gasteiger partial charge in [0.25, 0.3) is 0 Å². The molecule has 0 aromatic carbocycles. The Hall–Kier alpha value is -1.28. The molecule has 0 heterocycles. The highest BCUT2D eigenvalue weighted by molar-refractivity contribution is 7.47. The predicted octanol–water partition coefficient (Wildman–Crippen LogP) is 13.9. The van der Waals surface area contributed by atoms with Crippen molar-refractivity contribution < 1.29 is 32.9 Å². The van der Waals surface area contributed by atoms with Crippen molar-refractivity contribution in [3.8, 4) is 0 Å². The molecule has 3 N–H and O–H groups in total. The lowest BCUT2D eigenvalue weighted by Gasteiger charge is -2.25. The number of allylic oxidation sites excluding steroid dienone is 5. The number of aliphatic hydroxyl groups excluding tert-OH is 1. The van der Waals surface area contributed by atoms with Crippen LogP contribution in [0.15, 0.2) is 36.5 Å². The summed E-state index contributed by atoms with van der Waals surface area (Å²) in [4.78, 5) is 22.8. The first-order valence-electron chi connectivity index (χ1n) is 24.4. The van der Waals surface area contributed by atoms with E-state index in [1.54, 1.807) is 6.08 Å². The molecule has 0 aliphatic heterocycles. The predicted molar refractivity (Wildman–Crippen MR) is 249 cm³/mol. The number of nitrogens with zero attached hydrogens (tertiary/aromatic N) is 1. The van der Waals surface area contributed by atoms with E-state index >= 15 is 0 Å². The van der Waals surface area contributed by atoms with Gasteiger partial charge in [-0.25, -0.2) is 4.57 Å². The Labute approximate surface area is 359 Å². The maximum atomic E-state index is 12.6. The molecule has 0 rings (SSSR count). The molecule has 8 nitrogen and oxygen atoms in total. The Balaban J connectivity index is 4.01. The Bertz CT molecular complexity index is 1040. The highest BCUT2D eigenvalue weighted by atomic mass is 31.2. The molecular formula is C49H96N2O6P+. The van der Waals surface area contributed by atoms with Crippen LogP contribution in [0.2, 0.25) is 0 Å². The van der Waals surface area contributed by atoms with Gasteiger partial charge < -0.3 is 19.8 Å². The second kappa shape index (κ2) is 41.1. The van der Waals surface area contributed by atoms with Crippen molar-refractivity contribution >= 4 is 13.7 Å². The molecule has 0 aromatic rings. The molecule has 0 aromatic heterocycles. The summed E-state index contributed by atoms with van der Waals surface area (Å²) in [5, 5.41) is 13.7. The van der Waals surface area contributed by atoms with Crippen molar-refractivity contribution in [3.63, 3.8) is 0 Å². The number of carbonyl (C=O) groups is 1. The van der Waals surface area contributed by atoms with Crippen molar-refractivity contribution in [1.29, 1.82) is 0 Å². The minimum Gasteiger partial charge on any atom is -0.387 e. The molecule has 0 aliphatic carbocycles. The average molecular weight is 840 g/mol. The van der Waals surface area contributed by atoms with Gasteiger partial charge in [-0.2, -0.15) is 0 Å². The standard InChI is InChI=1S/C49H95N2O6P/c1-6-8-10-12-13-14-15-16-17-18-19-20-21-22-23-24-25-26-27-28-29-30-31-32-33-34-35-36-37-39-40-42-48(52)47(50-49(53)43-41-38-11-9-7-2)46-57-58(54,55)56-45-44-51(3,4)5/h31-32,35-36,40,42,47-48,52H,6-30,33-34,37-39,41,43-46H2,1-5H3,(H-,50,53,54,55)/p+1/b32-31+,36-35+,42-40+. The van der Waals surface area contributed by atoms with E-state index in [1.165, 1.54) is 141 Å². The number of aliphatic hydroxyl groups is 1. The normalized spacial score (nSPS) is 14.5. The molecule has 58 heavy (non-hydrogen) atoms. The number of quaternary nitrogens is 1. The quantitative estimate of drug-likeness (QED) is 0.0244. The fourth-order valence-corrected chi connectivity index (χ4v) is 7.69. The van der Waals surface area contributed by atoms with E-state index in [-0.39, 0.29) is 19.1 Å². The maximum absolute atomic E-state index is 12.6. The third-order valence-electron chi connectivity index (χ3n) is 10.8. The zero-order chi connectivity index (χ0) is 42.8. The van der Waals surface area contributed by atoms with Gasteiger partial charge in [-0.3, -0.25) is 13.8 Å². The summed E-state index contributed by atoms with van der Waals surface area (Å²) in [6.07, 6.45) is 51.6. The van der Waals surface area contributed by atoms with Gasteiger partial charge >= 0.3 is 7.82 Å². The summed E-state index contributed by atoms with van der Waals surface area (Å²) < 4.78 is 23.4. The summed E-state index contributed by atoms with van der Waals surface area (Å²) in [6.45, 7) is 4.69. The van der Waals surface area contributed by atoms with Crippen molar-refractivity contribution in [2.24, 2.45) is 0 Å². The first-order valence-corrected chi connectivity index (χ1v) is 25.9. The van der Waals surface area contributed by atoms with Crippen LogP contribution in [0.4, 0.5) is 0 Å². The van der Waals surface area contributed by atoms with Crippen molar-refractivity contribution in [2.45, 2.75) is 231 Å². The number of unbranched alkanes of at least 4 members (excludes halogenated alkanes) is 27. The molecule has 3 unspecified atom stereocenters. The summed E-state index contributed by atoms with van der Waals surface area (Å²) in [5.41, 5.74) is 0. The van der Waals surface area contributed by atoms with Crippen LogP contribution in [0.3, 0.4) is 0 Å². The lowest BCUT2D eigenvalue weighted by atomic mass is 10.0. The number of phosphoric ester groups is 1. The zero-order valence-corrected chi connectivity index (χ0v) is 39.7.